The van der Waals surface area contributed by atoms with Crippen molar-refractivity contribution >= 4 is 5.91 Å². The van der Waals surface area contributed by atoms with Crippen molar-refractivity contribution in [2.75, 3.05) is 13.1 Å². The summed E-state index contributed by atoms with van der Waals surface area (Å²) >= 11 is 0. The minimum absolute atomic E-state index is 0.168. The van der Waals surface area contributed by atoms with Gasteiger partial charge in [0, 0.05) is 31.9 Å². The molecule has 1 rings (SSSR count). The molecule has 0 spiro atoms. The lowest BCUT2D eigenvalue weighted by atomic mass is 10.1. The molecular formula is C15H25N3O. The molecule has 0 aliphatic heterocycles. The van der Waals surface area contributed by atoms with Crippen molar-refractivity contribution in [2.45, 2.75) is 39.7 Å². The standard InChI is InChI=1S/C15H25N3O/c1-3-13(2)10-15(19)18-9-5-8-17-12-14-6-4-7-16-11-14/h4,6-7,11,13,17H,3,5,8-10,12H2,1-2H3,(H,18,19). The lowest BCUT2D eigenvalue weighted by Crippen LogP contribution is -2.28. The van der Waals surface area contributed by atoms with Gasteiger partial charge in [-0.05, 0) is 30.5 Å². The Kier molecular flexibility index (Phi) is 7.82. The summed E-state index contributed by atoms with van der Waals surface area (Å²) < 4.78 is 0. The molecule has 1 aromatic rings. The Balaban J connectivity index is 1.98. The molecule has 0 aliphatic carbocycles. The van der Waals surface area contributed by atoms with Gasteiger partial charge in [0.1, 0.15) is 0 Å². The number of hydrogen-bond acceptors (Lipinski definition) is 3. The van der Waals surface area contributed by atoms with E-state index in [1.165, 1.54) is 5.56 Å². The second-order valence-corrected chi connectivity index (χ2v) is 4.96. The van der Waals surface area contributed by atoms with Crippen LogP contribution in [-0.4, -0.2) is 24.0 Å². The van der Waals surface area contributed by atoms with Crippen LogP contribution in [0.15, 0.2) is 24.5 Å². The number of nitrogens with one attached hydrogen (secondary N) is 2. The predicted octanol–water partition coefficient (Wildman–Crippen LogP) is 2.11. The van der Waals surface area contributed by atoms with Crippen molar-refractivity contribution < 1.29 is 4.79 Å². The zero-order chi connectivity index (χ0) is 13.9. The van der Waals surface area contributed by atoms with Crippen LogP contribution in [0.5, 0.6) is 0 Å². The van der Waals surface area contributed by atoms with Gasteiger partial charge >= 0.3 is 0 Å². The Morgan fingerprint density at radius 2 is 2.26 bits per heavy atom. The molecule has 0 aliphatic rings. The van der Waals surface area contributed by atoms with Crippen molar-refractivity contribution in [3.05, 3.63) is 30.1 Å². The molecule has 2 N–H and O–H groups in total. The lowest BCUT2D eigenvalue weighted by molar-refractivity contribution is -0.121. The number of carbonyl (C=O) groups excluding carboxylic acids is 1. The van der Waals surface area contributed by atoms with Gasteiger partial charge in [0.25, 0.3) is 0 Å². The first-order valence-electron chi connectivity index (χ1n) is 7.08. The Hall–Kier alpha value is -1.42. The molecule has 1 amide bonds. The molecule has 0 fully saturated rings. The normalized spacial score (nSPS) is 12.1. The summed E-state index contributed by atoms with van der Waals surface area (Å²) in [5, 5.41) is 6.29. The molecule has 1 atom stereocenters. The fraction of sp³-hybridized carbons (Fsp3) is 0.600. The minimum atomic E-state index is 0.168. The topological polar surface area (TPSA) is 54.0 Å². The SMILES string of the molecule is CCC(C)CC(=O)NCCCNCc1cccnc1. The number of rotatable bonds is 9. The first-order chi connectivity index (χ1) is 9.22. The zero-order valence-electron chi connectivity index (χ0n) is 12.0. The molecule has 4 heteroatoms. The summed E-state index contributed by atoms with van der Waals surface area (Å²) in [5.74, 6) is 0.644. The second-order valence-electron chi connectivity index (χ2n) is 4.96. The van der Waals surface area contributed by atoms with Gasteiger partial charge in [-0.15, -0.1) is 0 Å². The summed E-state index contributed by atoms with van der Waals surface area (Å²) in [4.78, 5) is 15.6. The summed E-state index contributed by atoms with van der Waals surface area (Å²) in [6, 6.07) is 3.99. The van der Waals surface area contributed by atoms with Gasteiger partial charge in [0.05, 0.1) is 0 Å². The van der Waals surface area contributed by atoms with E-state index in [1.54, 1.807) is 6.20 Å². The van der Waals surface area contributed by atoms with Crippen LogP contribution in [0, 0.1) is 5.92 Å². The van der Waals surface area contributed by atoms with Gasteiger partial charge in [0.2, 0.25) is 5.91 Å². The summed E-state index contributed by atoms with van der Waals surface area (Å²) in [7, 11) is 0. The van der Waals surface area contributed by atoms with Crippen LogP contribution in [0.2, 0.25) is 0 Å². The van der Waals surface area contributed by atoms with Gasteiger partial charge in [-0.2, -0.15) is 0 Å². The highest BCUT2D eigenvalue weighted by Crippen LogP contribution is 2.05. The van der Waals surface area contributed by atoms with Crippen LogP contribution in [0.4, 0.5) is 0 Å². The van der Waals surface area contributed by atoms with E-state index in [-0.39, 0.29) is 5.91 Å². The van der Waals surface area contributed by atoms with Gasteiger partial charge in [0.15, 0.2) is 0 Å². The highest BCUT2D eigenvalue weighted by atomic mass is 16.1. The Morgan fingerprint density at radius 3 is 2.95 bits per heavy atom. The van der Waals surface area contributed by atoms with Crippen LogP contribution in [0.3, 0.4) is 0 Å². The quantitative estimate of drug-likeness (QED) is 0.671. The van der Waals surface area contributed by atoms with Gasteiger partial charge in [-0.3, -0.25) is 9.78 Å². The largest absolute Gasteiger partial charge is 0.356 e. The maximum absolute atomic E-state index is 11.5. The molecule has 0 saturated carbocycles. The first kappa shape index (κ1) is 15.6. The van der Waals surface area contributed by atoms with Crippen LogP contribution in [-0.2, 0) is 11.3 Å². The lowest BCUT2D eigenvalue weighted by Gasteiger charge is -2.09. The molecule has 1 aromatic heterocycles. The fourth-order valence-electron chi connectivity index (χ4n) is 1.71. The zero-order valence-corrected chi connectivity index (χ0v) is 12.0. The molecule has 106 valence electrons. The maximum atomic E-state index is 11.5. The van der Waals surface area contributed by atoms with Gasteiger partial charge in [-0.25, -0.2) is 0 Å². The number of carbonyl (C=O) groups is 1. The van der Waals surface area contributed by atoms with E-state index < -0.39 is 0 Å². The van der Waals surface area contributed by atoms with Crippen molar-refractivity contribution in [1.82, 2.24) is 15.6 Å². The molecule has 0 saturated heterocycles. The van der Waals surface area contributed by atoms with Gasteiger partial charge < -0.3 is 10.6 Å². The van der Waals surface area contributed by atoms with E-state index in [4.69, 9.17) is 0 Å². The average Bonchev–Trinajstić information content (AvgIpc) is 2.43. The monoisotopic (exact) mass is 263 g/mol. The Bertz CT molecular complexity index is 354. The van der Waals surface area contributed by atoms with E-state index in [1.807, 2.05) is 18.3 Å². The molecule has 0 aromatic carbocycles. The van der Waals surface area contributed by atoms with E-state index in [0.717, 1.165) is 32.5 Å². The molecule has 1 unspecified atom stereocenters. The van der Waals surface area contributed by atoms with Crippen molar-refractivity contribution in [3.63, 3.8) is 0 Å². The van der Waals surface area contributed by atoms with Crippen molar-refractivity contribution in [2.24, 2.45) is 5.92 Å². The first-order valence-corrected chi connectivity index (χ1v) is 7.08. The summed E-state index contributed by atoms with van der Waals surface area (Å²) in [6.07, 6.45) is 6.28. The third kappa shape index (κ3) is 7.57. The average molecular weight is 263 g/mol. The van der Waals surface area contributed by atoms with Crippen LogP contribution in [0.25, 0.3) is 0 Å². The van der Waals surface area contributed by atoms with Crippen LogP contribution >= 0.6 is 0 Å². The summed E-state index contributed by atoms with van der Waals surface area (Å²) in [6.45, 7) is 6.69. The molecule has 0 bridgehead atoms. The highest BCUT2D eigenvalue weighted by molar-refractivity contribution is 5.76. The predicted molar refractivity (Wildman–Crippen MR) is 77.6 cm³/mol. The molecule has 19 heavy (non-hydrogen) atoms. The van der Waals surface area contributed by atoms with Crippen molar-refractivity contribution in [1.29, 1.82) is 0 Å². The Labute approximate surface area is 116 Å². The molecular weight excluding hydrogens is 238 g/mol. The smallest absolute Gasteiger partial charge is 0.220 e. The van der Waals surface area contributed by atoms with E-state index in [0.29, 0.717) is 12.3 Å². The third-order valence-electron chi connectivity index (χ3n) is 3.14. The van der Waals surface area contributed by atoms with Gasteiger partial charge in [-0.1, -0.05) is 26.3 Å². The van der Waals surface area contributed by atoms with E-state index in [9.17, 15) is 4.79 Å². The fourth-order valence-corrected chi connectivity index (χ4v) is 1.71. The number of aromatic nitrogens is 1. The van der Waals surface area contributed by atoms with E-state index >= 15 is 0 Å². The number of pyridine rings is 1. The number of hydrogen-bond donors (Lipinski definition) is 2. The number of amides is 1. The minimum Gasteiger partial charge on any atom is -0.356 e. The van der Waals surface area contributed by atoms with Crippen molar-refractivity contribution in [3.8, 4) is 0 Å². The van der Waals surface area contributed by atoms with E-state index in [2.05, 4.69) is 29.5 Å². The summed E-state index contributed by atoms with van der Waals surface area (Å²) in [5.41, 5.74) is 1.18. The highest BCUT2D eigenvalue weighted by Gasteiger charge is 2.05. The number of nitrogens with zero attached hydrogens (tertiary/aromatic N) is 1. The second kappa shape index (κ2) is 9.50. The maximum Gasteiger partial charge on any atom is 0.220 e. The Morgan fingerprint density at radius 1 is 1.42 bits per heavy atom. The third-order valence-corrected chi connectivity index (χ3v) is 3.14. The van der Waals surface area contributed by atoms with Crippen LogP contribution in [0.1, 0.15) is 38.7 Å². The molecule has 4 nitrogen and oxygen atoms in total. The van der Waals surface area contributed by atoms with Crippen LogP contribution < -0.4 is 10.6 Å². The molecule has 0 radical (unpaired) electrons. The molecule has 1 heterocycles.